The van der Waals surface area contributed by atoms with Gasteiger partial charge in [-0.05, 0) is 47.7 Å². The molecule has 12 heteroatoms. The van der Waals surface area contributed by atoms with Crippen molar-refractivity contribution in [2.45, 2.75) is 44.7 Å². The minimum atomic E-state index is -5.19. The minimum Gasteiger partial charge on any atom is -0.483 e. The molecule has 0 aliphatic carbocycles. The summed E-state index contributed by atoms with van der Waals surface area (Å²) in [4.78, 5) is 11.7. The Morgan fingerprint density at radius 1 is 0.912 bits per heavy atom. The lowest BCUT2D eigenvalue weighted by Crippen LogP contribution is -2.21. The first kappa shape index (κ1) is 27.3. The van der Waals surface area contributed by atoms with Crippen LogP contribution >= 0.6 is 0 Å². The van der Waals surface area contributed by atoms with E-state index < -0.39 is 70.6 Å². The lowest BCUT2D eigenvalue weighted by atomic mass is 9.86. The zero-order valence-corrected chi connectivity index (χ0v) is 17.7. The highest BCUT2D eigenvalue weighted by Crippen LogP contribution is 2.45. The number of benzene rings is 2. The van der Waals surface area contributed by atoms with Crippen LogP contribution in [0.4, 0.5) is 39.5 Å². The molecular weight excluding hydrogens is 483 g/mol. The van der Waals surface area contributed by atoms with E-state index in [-0.39, 0.29) is 12.3 Å². The fourth-order valence-corrected chi connectivity index (χ4v) is 3.31. The van der Waals surface area contributed by atoms with Crippen molar-refractivity contribution in [3.63, 3.8) is 0 Å². The van der Waals surface area contributed by atoms with Crippen LogP contribution in [0, 0.1) is 5.92 Å². The monoisotopic (exact) mass is 502 g/mol. The Morgan fingerprint density at radius 3 is 1.88 bits per heavy atom. The topological polar surface area (TPSA) is 46.5 Å². The summed E-state index contributed by atoms with van der Waals surface area (Å²) in [6, 6.07) is 3.56. The number of carboxylic acid groups (broad SMARTS) is 1. The average molecular weight is 502 g/mol. The molecule has 0 aliphatic rings. The van der Waals surface area contributed by atoms with Gasteiger partial charge in [-0.3, -0.25) is 4.79 Å². The van der Waals surface area contributed by atoms with E-state index in [2.05, 4.69) is 4.74 Å². The smallest absolute Gasteiger partial charge is 0.422 e. The third-order valence-electron chi connectivity index (χ3n) is 4.73. The molecular formula is C22H19F9O3. The van der Waals surface area contributed by atoms with Crippen LogP contribution in [-0.2, 0) is 17.1 Å². The normalized spacial score (nSPS) is 13.8. The van der Waals surface area contributed by atoms with Crippen molar-refractivity contribution >= 4 is 5.97 Å². The number of carbonyl (C=O) groups is 1. The fraction of sp³-hybridized carbons (Fsp3) is 0.409. The molecule has 0 aromatic heterocycles. The molecule has 0 amide bonds. The molecule has 0 radical (unpaired) electrons. The van der Waals surface area contributed by atoms with Crippen molar-refractivity contribution in [1.82, 2.24) is 0 Å². The van der Waals surface area contributed by atoms with Crippen molar-refractivity contribution in [3.05, 3.63) is 53.1 Å². The molecule has 0 fully saturated rings. The summed E-state index contributed by atoms with van der Waals surface area (Å²) in [6.45, 7) is 1.22. The van der Waals surface area contributed by atoms with Gasteiger partial charge < -0.3 is 9.84 Å². The largest absolute Gasteiger partial charge is 0.483 e. The first-order valence-corrected chi connectivity index (χ1v) is 9.75. The zero-order chi connectivity index (χ0) is 26.1. The SMILES string of the molecule is CC(C)C[C@H](C(=O)O)c1cc(OCC(F)(F)F)c(-c2ccc(C(F)(F)F)cc2)c(C(F)(F)F)c1. The van der Waals surface area contributed by atoms with Gasteiger partial charge in [0.15, 0.2) is 6.61 Å². The fourth-order valence-electron chi connectivity index (χ4n) is 3.31. The van der Waals surface area contributed by atoms with Crippen LogP contribution in [-0.4, -0.2) is 23.9 Å². The van der Waals surface area contributed by atoms with Crippen LogP contribution in [0.2, 0.25) is 0 Å². The molecule has 0 unspecified atom stereocenters. The second-order valence-electron chi connectivity index (χ2n) is 7.94. The molecule has 3 nitrogen and oxygen atoms in total. The van der Waals surface area contributed by atoms with E-state index in [0.717, 1.165) is 6.07 Å². The van der Waals surface area contributed by atoms with Gasteiger partial charge in [-0.15, -0.1) is 0 Å². The lowest BCUT2D eigenvalue weighted by Gasteiger charge is -2.23. The number of hydrogen-bond donors (Lipinski definition) is 1. The molecule has 34 heavy (non-hydrogen) atoms. The summed E-state index contributed by atoms with van der Waals surface area (Å²) in [5, 5.41) is 9.50. The summed E-state index contributed by atoms with van der Waals surface area (Å²) in [7, 11) is 0. The predicted molar refractivity (Wildman–Crippen MR) is 103 cm³/mol. The van der Waals surface area contributed by atoms with Crippen molar-refractivity contribution < 1.29 is 54.2 Å². The molecule has 2 aromatic rings. The van der Waals surface area contributed by atoms with Crippen LogP contribution in [0.15, 0.2) is 36.4 Å². The van der Waals surface area contributed by atoms with E-state index in [1.54, 1.807) is 13.8 Å². The molecule has 1 atom stereocenters. The molecule has 0 bridgehead atoms. The molecule has 0 saturated carbocycles. The van der Waals surface area contributed by atoms with Crippen molar-refractivity contribution in [1.29, 1.82) is 0 Å². The van der Waals surface area contributed by atoms with Crippen molar-refractivity contribution in [2.75, 3.05) is 6.61 Å². The minimum absolute atomic E-state index is 0.120. The maximum atomic E-state index is 14.0. The molecule has 0 spiro atoms. The van der Waals surface area contributed by atoms with Gasteiger partial charge in [-0.2, -0.15) is 39.5 Å². The number of carboxylic acids is 1. The van der Waals surface area contributed by atoms with Gasteiger partial charge in [-0.25, -0.2) is 0 Å². The molecule has 188 valence electrons. The van der Waals surface area contributed by atoms with Gasteiger partial charge >= 0.3 is 24.5 Å². The van der Waals surface area contributed by atoms with E-state index >= 15 is 0 Å². The average Bonchev–Trinajstić information content (AvgIpc) is 2.67. The van der Waals surface area contributed by atoms with Crippen LogP contribution in [0.5, 0.6) is 5.75 Å². The first-order valence-electron chi connectivity index (χ1n) is 9.75. The Hall–Kier alpha value is -2.92. The van der Waals surface area contributed by atoms with E-state index in [4.69, 9.17) is 0 Å². The number of rotatable bonds is 7. The summed E-state index contributed by atoms with van der Waals surface area (Å²) in [6.07, 6.45) is -15.1. The Kier molecular flexibility index (Phi) is 7.84. The Balaban J connectivity index is 2.81. The standard InChI is InChI=1S/C22H19F9O3/c1-11(2)7-15(19(32)33)13-8-16(22(29,30)31)18(17(9-13)34-10-20(23,24)25)12-3-5-14(6-4-12)21(26,27)28/h3-6,8-9,11,15H,7,10H2,1-2H3,(H,32,33)/t15-/m0/s1. The summed E-state index contributed by atoms with van der Waals surface area (Å²) < 4.78 is 123. The molecule has 0 saturated heterocycles. The van der Waals surface area contributed by atoms with Crippen molar-refractivity contribution in [2.24, 2.45) is 5.92 Å². The Bertz CT molecular complexity index is 1000. The van der Waals surface area contributed by atoms with E-state index in [1.165, 1.54) is 0 Å². The summed E-state index contributed by atoms with van der Waals surface area (Å²) >= 11 is 0. The van der Waals surface area contributed by atoms with E-state index in [1.807, 2.05) is 0 Å². The van der Waals surface area contributed by atoms with Gasteiger partial charge in [0.1, 0.15) is 5.75 Å². The number of hydrogen-bond acceptors (Lipinski definition) is 2. The quantitative estimate of drug-likeness (QED) is 0.398. The maximum absolute atomic E-state index is 14.0. The van der Waals surface area contributed by atoms with Crippen LogP contribution in [0.3, 0.4) is 0 Å². The highest BCUT2D eigenvalue weighted by Gasteiger charge is 2.39. The van der Waals surface area contributed by atoms with E-state index in [9.17, 15) is 49.4 Å². The van der Waals surface area contributed by atoms with Crippen molar-refractivity contribution in [3.8, 4) is 16.9 Å². The Labute approximate surface area is 188 Å². The van der Waals surface area contributed by atoms with Gasteiger partial charge in [-0.1, -0.05) is 26.0 Å². The molecule has 2 aromatic carbocycles. The van der Waals surface area contributed by atoms with Gasteiger partial charge in [0, 0.05) is 5.56 Å². The van der Waals surface area contributed by atoms with Crippen LogP contribution in [0.1, 0.15) is 42.9 Å². The van der Waals surface area contributed by atoms with E-state index in [0.29, 0.717) is 30.3 Å². The molecule has 0 heterocycles. The lowest BCUT2D eigenvalue weighted by molar-refractivity contribution is -0.153. The van der Waals surface area contributed by atoms with Gasteiger partial charge in [0.05, 0.1) is 17.0 Å². The maximum Gasteiger partial charge on any atom is 0.422 e. The van der Waals surface area contributed by atoms with Gasteiger partial charge in [0.25, 0.3) is 0 Å². The second kappa shape index (κ2) is 9.75. The van der Waals surface area contributed by atoms with Crippen LogP contribution in [0.25, 0.3) is 11.1 Å². The number of halogens is 9. The zero-order valence-electron chi connectivity index (χ0n) is 17.7. The molecule has 1 N–H and O–H groups in total. The van der Waals surface area contributed by atoms with Crippen LogP contribution < -0.4 is 4.74 Å². The first-order chi connectivity index (χ1) is 15.4. The third kappa shape index (κ3) is 7.04. The third-order valence-corrected chi connectivity index (χ3v) is 4.73. The van der Waals surface area contributed by atoms with Gasteiger partial charge in [0.2, 0.25) is 0 Å². The molecule has 2 rings (SSSR count). The number of aliphatic carboxylic acids is 1. The second-order valence-corrected chi connectivity index (χ2v) is 7.94. The summed E-state index contributed by atoms with van der Waals surface area (Å²) in [5.41, 5.74) is -4.57. The highest BCUT2D eigenvalue weighted by molar-refractivity contribution is 5.80. The number of ether oxygens (including phenoxy) is 1. The summed E-state index contributed by atoms with van der Waals surface area (Å²) in [5.74, 6) is -4.22. The number of alkyl halides is 9. The Morgan fingerprint density at radius 2 is 1.47 bits per heavy atom. The predicted octanol–water partition coefficient (Wildman–Crippen LogP) is 7.55. The highest BCUT2D eigenvalue weighted by atomic mass is 19.4. The molecule has 0 aliphatic heterocycles.